The lowest BCUT2D eigenvalue weighted by atomic mass is 10.1. The van der Waals surface area contributed by atoms with Gasteiger partial charge in [0.25, 0.3) is 0 Å². The summed E-state index contributed by atoms with van der Waals surface area (Å²) in [7, 11) is -2.30. The lowest BCUT2D eigenvalue weighted by Gasteiger charge is -2.03. The lowest BCUT2D eigenvalue weighted by molar-refractivity contribution is 0.226. The highest BCUT2D eigenvalue weighted by Crippen LogP contribution is 2.23. The first-order valence-electron chi connectivity index (χ1n) is 3.89. The van der Waals surface area contributed by atoms with Crippen molar-refractivity contribution in [2.45, 2.75) is 20.3 Å². The molecule has 0 bridgehead atoms. The second kappa shape index (κ2) is 7.30. The first-order valence-corrected chi connectivity index (χ1v) is 5.12. The zero-order valence-electron chi connectivity index (χ0n) is 7.37. The summed E-state index contributed by atoms with van der Waals surface area (Å²) in [6, 6.07) is 2.06. The molecule has 0 radical (unpaired) electrons. The van der Waals surface area contributed by atoms with E-state index >= 15 is 0 Å². The zero-order valence-corrected chi connectivity index (χ0v) is 8.37. The summed E-state index contributed by atoms with van der Waals surface area (Å²) >= 11 is 0. The van der Waals surface area contributed by atoms with Gasteiger partial charge >= 0.3 is 8.25 Å². The number of nitriles is 1. The lowest BCUT2D eigenvalue weighted by Crippen LogP contribution is -1.96. The van der Waals surface area contributed by atoms with Crippen LogP contribution in [0, 0.1) is 17.2 Å². The molecule has 4 nitrogen and oxygen atoms in total. The van der Waals surface area contributed by atoms with Crippen LogP contribution in [-0.4, -0.2) is 13.2 Å². The molecule has 2 unspecified atom stereocenters. The second-order valence-corrected chi connectivity index (χ2v) is 3.43. The molecule has 0 aliphatic rings. The fourth-order valence-corrected chi connectivity index (χ4v) is 1.15. The van der Waals surface area contributed by atoms with Crippen LogP contribution < -0.4 is 0 Å². The molecule has 0 aromatic heterocycles. The number of rotatable bonds is 6. The molecular formula is C7H14NO3P. The maximum Gasteiger partial charge on any atom is 0.319 e. The molecule has 12 heavy (non-hydrogen) atoms. The third-order valence-corrected chi connectivity index (χ3v) is 2.22. The zero-order chi connectivity index (χ0) is 9.40. The molecular weight excluding hydrogens is 177 g/mol. The van der Waals surface area contributed by atoms with Gasteiger partial charge in [0.1, 0.15) is 0 Å². The van der Waals surface area contributed by atoms with Crippen molar-refractivity contribution < 1.29 is 13.6 Å². The average molecular weight is 191 g/mol. The molecule has 0 spiro atoms. The van der Waals surface area contributed by atoms with E-state index in [-0.39, 0.29) is 5.92 Å². The number of nitrogens with zero attached hydrogens (tertiary/aromatic N) is 1. The minimum Gasteiger partial charge on any atom is -0.311 e. The Bertz CT molecular complexity index is 178. The molecule has 5 heteroatoms. The monoisotopic (exact) mass is 191 g/mol. The van der Waals surface area contributed by atoms with Crippen molar-refractivity contribution in [1.29, 1.82) is 5.26 Å². The quantitative estimate of drug-likeness (QED) is 0.602. The number of hydrogen-bond donors (Lipinski definition) is 0. The Kier molecular flexibility index (Phi) is 7.08. The Labute approximate surface area is 73.4 Å². The molecule has 0 fully saturated rings. The van der Waals surface area contributed by atoms with Gasteiger partial charge in [-0.1, -0.05) is 0 Å². The van der Waals surface area contributed by atoms with Gasteiger partial charge in [0, 0.05) is 5.92 Å². The van der Waals surface area contributed by atoms with Gasteiger partial charge in [-0.2, -0.15) is 5.26 Å². The minimum atomic E-state index is -2.30. The van der Waals surface area contributed by atoms with Crippen LogP contribution in [0.15, 0.2) is 0 Å². The molecule has 0 heterocycles. The smallest absolute Gasteiger partial charge is 0.311 e. The maximum atomic E-state index is 10.8. The topological polar surface area (TPSA) is 59.3 Å². The highest BCUT2D eigenvalue weighted by Gasteiger charge is 2.01. The van der Waals surface area contributed by atoms with Gasteiger partial charge in [0.15, 0.2) is 0 Å². The molecule has 0 rings (SSSR count). The van der Waals surface area contributed by atoms with E-state index in [1.54, 1.807) is 13.8 Å². The normalized spacial score (nSPS) is 15.1. The van der Waals surface area contributed by atoms with Crippen LogP contribution in [-0.2, 0) is 13.6 Å². The summed E-state index contributed by atoms with van der Waals surface area (Å²) in [6.45, 7) is 4.27. The molecule has 70 valence electrons. The molecule has 0 aromatic carbocycles. The van der Waals surface area contributed by atoms with Crippen LogP contribution >= 0.6 is 8.25 Å². The second-order valence-electron chi connectivity index (χ2n) is 2.35. The highest BCUT2D eigenvalue weighted by molar-refractivity contribution is 7.33. The van der Waals surface area contributed by atoms with Crippen molar-refractivity contribution in [3.05, 3.63) is 0 Å². The van der Waals surface area contributed by atoms with Crippen LogP contribution in [0.25, 0.3) is 0 Å². The van der Waals surface area contributed by atoms with E-state index in [0.717, 1.165) is 0 Å². The molecule has 0 amide bonds. The van der Waals surface area contributed by atoms with Crippen molar-refractivity contribution in [2.24, 2.45) is 5.92 Å². The van der Waals surface area contributed by atoms with Crippen molar-refractivity contribution in [3.63, 3.8) is 0 Å². The Balaban J connectivity index is 3.32. The SMILES string of the molecule is CCO[PH](=O)OCCC(C)C#N. The number of hydrogen-bond acceptors (Lipinski definition) is 4. The summed E-state index contributed by atoms with van der Waals surface area (Å²) in [5.41, 5.74) is 0. The van der Waals surface area contributed by atoms with Gasteiger partial charge in [0.2, 0.25) is 0 Å². The van der Waals surface area contributed by atoms with Gasteiger partial charge < -0.3 is 9.05 Å². The third-order valence-electron chi connectivity index (χ3n) is 1.25. The van der Waals surface area contributed by atoms with Crippen molar-refractivity contribution in [1.82, 2.24) is 0 Å². The summed E-state index contributed by atoms with van der Waals surface area (Å²) in [5.74, 6) is -0.0542. The maximum absolute atomic E-state index is 10.8. The van der Waals surface area contributed by atoms with Crippen LogP contribution in [0.3, 0.4) is 0 Å². The molecule has 2 atom stereocenters. The Morgan fingerprint density at radius 1 is 1.58 bits per heavy atom. The van der Waals surface area contributed by atoms with E-state index in [1.165, 1.54) is 0 Å². The van der Waals surface area contributed by atoms with Gasteiger partial charge in [-0.25, -0.2) is 0 Å². The van der Waals surface area contributed by atoms with E-state index in [9.17, 15) is 4.57 Å². The highest BCUT2D eigenvalue weighted by atomic mass is 31.1. The fourth-order valence-electron chi connectivity index (χ4n) is 0.543. The van der Waals surface area contributed by atoms with Gasteiger partial charge in [-0.05, 0) is 20.3 Å². The summed E-state index contributed by atoms with van der Waals surface area (Å²) in [4.78, 5) is 0. The fraction of sp³-hybridized carbons (Fsp3) is 0.857. The minimum absolute atomic E-state index is 0.0542. The largest absolute Gasteiger partial charge is 0.319 e. The van der Waals surface area contributed by atoms with Crippen LogP contribution in [0.4, 0.5) is 0 Å². The Morgan fingerprint density at radius 3 is 2.75 bits per heavy atom. The van der Waals surface area contributed by atoms with E-state index in [2.05, 4.69) is 6.07 Å². The van der Waals surface area contributed by atoms with Crippen molar-refractivity contribution in [3.8, 4) is 6.07 Å². The first kappa shape index (κ1) is 11.6. The predicted octanol–water partition coefficient (Wildman–Crippen LogP) is 1.98. The molecule has 0 saturated carbocycles. The standard InChI is InChI=1S/C7H14NO3P/c1-3-10-12(9)11-5-4-7(2)6-8/h7,12H,3-5H2,1-2H3. The Hall–Kier alpha value is -0.360. The van der Waals surface area contributed by atoms with Gasteiger partial charge in [-0.15, -0.1) is 0 Å². The van der Waals surface area contributed by atoms with Crippen LogP contribution in [0.5, 0.6) is 0 Å². The van der Waals surface area contributed by atoms with E-state index < -0.39 is 8.25 Å². The van der Waals surface area contributed by atoms with Crippen LogP contribution in [0.2, 0.25) is 0 Å². The van der Waals surface area contributed by atoms with E-state index in [0.29, 0.717) is 19.6 Å². The Morgan fingerprint density at radius 2 is 2.25 bits per heavy atom. The van der Waals surface area contributed by atoms with Gasteiger partial charge in [0.05, 0.1) is 19.3 Å². The predicted molar refractivity (Wildman–Crippen MR) is 46.0 cm³/mol. The van der Waals surface area contributed by atoms with E-state index in [1.807, 2.05) is 0 Å². The average Bonchev–Trinajstić information content (AvgIpc) is 2.04. The van der Waals surface area contributed by atoms with Crippen LogP contribution in [0.1, 0.15) is 20.3 Å². The molecule has 0 saturated heterocycles. The summed E-state index contributed by atoms with van der Waals surface area (Å²) in [6.07, 6.45) is 0.597. The molecule has 0 aliphatic heterocycles. The van der Waals surface area contributed by atoms with Crippen molar-refractivity contribution >= 4 is 8.25 Å². The third kappa shape index (κ3) is 6.36. The first-order chi connectivity index (χ1) is 5.70. The summed E-state index contributed by atoms with van der Waals surface area (Å²) in [5, 5.41) is 8.40. The summed E-state index contributed by atoms with van der Waals surface area (Å²) < 4.78 is 20.3. The molecule has 0 aromatic rings. The van der Waals surface area contributed by atoms with Gasteiger partial charge in [-0.3, -0.25) is 4.57 Å². The van der Waals surface area contributed by atoms with Crippen molar-refractivity contribution in [2.75, 3.05) is 13.2 Å². The molecule has 0 N–H and O–H groups in total. The molecule has 0 aliphatic carbocycles. The van der Waals surface area contributed by atoms with E-state index in [4.69, 9.17) is 14.3 Å².